The number of nitrogens with zero attached hydrogens (tertiary/aromatic N) is 3. The van der Waals surface area contributed by atoms with Crippen LogP contribution in [-0.2, 0) is 0 Å². The number of hydrazine groups is 1. The summed E-state index contributed by atoms with van der Waals surface area (Å²) in [5, 5.41) is 0. The van der Waals surface area contributed by atoms with Crippen LogP contribution in [0.25, 0.3) is 0 Å². The first kappa shape index (κ1) is 10.7. The number of pyridine rings is 1. The Hall–Kier alpha value is -1.85. The first-order chi connectivity index (χ1) is 7.83. The van der Waals surface area contributed by atoms with Crippen LogP contribution < -0.4 is 11.3 Å². The standard InChI is InChI=1S/C11H13N5/c1-8-4-13-3-2-10(8)11(16-12)9-5-14-7-15-6-9/h2-7,11,16H,12H2,1H3. The molecule has 2 aromatic heterocycles. The fourth-order valence-electron chi connectivity index (χ4n) is 1.63. The van der Waals surface area contributed by atoms with E-state index in [2.05, 4.69) is 20.4 Å². The predicted octanol–water partition coefficient (Wildman–Crippen LogP) is 0.733. The molecule has 0 fully saturated rings. The molecule has 0 saturated carbocycles. The fourth-order valence-corrected chi connectivity index (χ4v) is 1.63. The summed E-state index contributed by atoms with van der Waals surface area (Å²) in [6, 6.07) is 1.83. The van der Waals surface area contributed by atoms with Gasteiger partial charge in [0.15, 0.2) is 0 Å². The zero-order valence-electron chi connectivity index (χ0n) is 8.96. The Morgan fingerprint density at radius 2 is 1.94 bits per heavy atom. The van der Waals surface area contributed by atoms with E-state index in [-0.39, 0.29) is 6.04 Å². The molecular weight excluding hydrogens is 202 g/mol. The van der Waals surface area contributed by atoms with Crippen molar-refractivity contribution in [3.05, 3.63) is 53.9 Å². The number of aromatic nitrogens is 3. The van der Waals surface area contributed by atoms with Crippen LogP contribution in [-0.4, -0.2) is 15.0 Å². The Morgan fingerprint density at radius 1 is 1.19 bits per heavy atom. The molecule has 5 heteroatoms. The maximum atomic E-state index is 5.58. The molecule has 16 heavy (non-hydrogen) atoms. The van der Waals surface area contributed by atoms with Crippen LogP contribution in [0.3, 0.4) is 0 Å². The average Bonchev–Trinajstić information content (AvgIpc) is 2.34. The second-order valence-corrected chi connectivity index (χ2v) is 3.50. The first-order valence-electron chi connectivity index (χ1n) is 4.94. The summed E-state index contributed by atoms with van der Waals surface area (Å²) >= 11 is 0. The van der Waals surface area contributed by atoms with E-state index in [4.69, 9.17) is 5.84 Å². The maximum absolute atomic E-state index is 5.58. The summed E-state index contributed by atoms with van der Waals surface area (Å²) in [7, 11) is 0. The maximum Gasteiger partial charge on any atom is 0.115 e. The van der Waals surface area contributed by atoms with E-state index in [0.717, 1.165) is 16.7 Å². The van der Waals surface area contributed by atoms with Gasteiger partial charge in [-0.2, -0.15) is 0 Å². The highest BCUT2D eigenvalue weighted by Crippen LogP contribution is 2.21. The number of aryl methyl sites for hydroxylation is 1. The summed E-state index contributed by atoms with van der Waals surface area (Å²) in [5.74, 6) is 5.58. The van der Waals surface area contributed by atoms with Gasteiger partial charge in [0, 0.05) is 30.4 Å². The van der Waals surface area contributed by atoms with E-state index < -0.39 is 0 Å². The van der Waals surface area contributed by atoms with Crippen LogP contribution in [0.15, 0.2) is 37.2 Å². The molecule has 5 nitrogen and oxygen atoms in total. The molecule has 0 aliphatic rings. The van der Waals surface area contributed by atoms with Crippen molar-refractivity contribution in [2.24, 2.45) is 5.84 Å². The fraction of sp³-hybridized carbons (Fsp3) is 0.182. The average molecular weight is 215 g/mol. The van der Waals surface area contributed by atoms with E-state index in [1.54, 1.807) is 18.6 Å². The van der Waals surface area contributed by atoms with E-state index in [1.807, 2.05) is 19.2 Å². The minimum Gasteiger partial charge on any atom is -0.271 e. The smallest absolute Gasteiger partial charge is 0.115 e. The van der Waals surface area contributed by atoms with Crippen LogP contribution in [0.5, 0.6) is 0 Å². The zero-order chi connectivity index (χ0) is 11.4. The van der Waals surface area contributed by atoms with Crippen molar-refractivity contribution < 1.29 is 0 Å². The molecule has 0 aliphatic carbocycles. The van der Waals surface area contributed by atoms with E-state index in [0.29, 0.717) is 0 Å². The molecule has 0 radical (unpaired) electrons. The van der Waals surface area contributed by atoms with Crippen molar-refractivity contribution in [2.75, 3.05) is 0 Å². The van der Waals surface area contributed by atoms with Crippen molar-refractivity contribution in [1.29, 1.82) is 0 Å². The monoisotopic (exact) mass is 215 g/mol. The summed E-state index contributed by atoms with van der Waals surface area (Å²) in [6.07, 6.45) is 8.55. The molecule has 0 saturated heterocycles. The molecule has 1 unspecified atom stereocenters. The molecule has 3 N–H and O–H groups in total. The molecule has 82 valence electrons. The quantitative estimate of drug-likeness (QED) is 0.583. The van der Waals surface area contributed by atoms with Crippen molar-refractivity contribution in [3.8, 4) is 0 Å². The summed E-state index contributed by atoms with van der Waals surface area (Å²) < 4.78 is 0. The van der Waals surface area contributed by atoms with E-state index in [9.17, 15) is 0 Å². The molecule has 2 aromatic rings. The number of hydrogen-bond acceptors (Lipinski definition) is 5. The van der Waals surface area contributed by atoms with Crippen molar-refractivity contribution in [2.45, 2.75) is 13.0 Å². The van der Waals surface area contributed by atoms with Crippen LogP contribution in [0.1, 0.15) is 22.7 Å². The molecule has 0 bridgehead atoms. The van der Waals surface area contributed by atoms with E-state index in [1.165, 1.54) is 6.33 Å². The van der Waals surface area contributed by atoms with Crippen LogP contribution >= 0.6 is 0 Å². The molecule has 2 heterocycles. The highest BCUT2D eigenvalue weighted by molar-refractivity contribution is 5.32. The highest BCUT2D eigenvalue weighted by atomic mass is 15.2. The normalized spacial score (nSPS) is 12.4. The summed E-state index contributed by atoms with van der Waals surface area (Å²) in [4.78, 5) is 12.0. The molecule has 0 amide bonds. The summed E-state index contributed by atoms with van der Waals surface area (Å²) in [6.45, 7) is 2.00. The minimum atomic E-state index is -0.107. The topological polar surface area (TPSA) is 76.7 Å². The lowest BCUT2D eigenvalue weighted by Crippen LogP contribution is -2.29. The third kappa shape index (κ3) is 2.05. The molecule has 1 atom stereocenters. The van der Waals surface area contributed by atoms with Gasteiger partial charge in [-0.25, -0.2) is 15.4 Å². The predicted molar refractivity (Wildman–Crippen MR) is 60.2 cm³/mol. The third-order valence-corrected chi connectivity index (χ3v) is 2.46. The number of rotatable bonds is 3. The van der Waals surface area contributed by atoms with Gasteiger partial charge in [0.1, 0.15) is 6.33 Å². The van der Waals surface area contributed by atoms with Crippen molar-refractivity contribution in [3.63, 3.8) is 0 Å². The van der Waals surface area contributed by atoms with Crippen molar-refractivity contribution in [1.82, 2.24) is 20.4 Å². The lowest BCUT2D eigenvalue weighted by atomic mass is 9.99. The van der Waals surface area contributed by atoms with Gasteiger partial charge in [0.05, 0.1) is 6.04 Å². The minimum absolute atomic E-state index is 0.107. The highest BCUT2D eigenvalue weighted by Gasteiger charge is 2.14. The zero-order valence-corrected chi connectivity index (χ0v) is 8.96. The Balaban J connectivity index is 2.41. The second-order valence-electron chi connectivity index (χ2n) is 3.50. The van der Waals surface area contributed by atoms with Gasteiger partial charge in [-0.3, -0.25) is 10.8 Å². The van der Waals surface area contributed by atoms with Crippen LogP contribution in [0.2, 0.25) is 0 Å². The number of nitrogens with one attached hydrogen (secondary N) is 1. The molecular formula is C11H13N5. The Bertz CT molecular complexity index is 457. The largest absolute Gasteiger partial charge is 0.271 e. The first-order valence-corrected chi connectivity index (χ1v) is 4.94. The Kier molecular flexibility index (Phi) is 3.19. The van der Waals surface area contributed by atoms with Gasteiger partial charge in [0.25, 0.3) is 0 Å². The van der Waals surface area contributed by atoms with Gasteiger partial charge in [-0.1, -0.05) is 0 Å². The Morgan fingerprint density at radius 3 is 2.56 bits per heavy atom. The summed E-state index contributed by atoms with van der Waals surface area (Å²) in [5.41, 5.74) is 5.85. The molecule has 2 rings (SSSR count). The van der Waals surface area contributed by atoms with Crippen molar-refractivity contribution >= 4 is 0 Å². The van der Waals surface area contributed by atoms with Gasteiger partial charge >= 0.3 is 0 Å². The SMILES string of the molecule is Cc1cnccc1C(NN)c1cncnc1. The molecule has 0 aromatic carbocycles. The van der Waals surface area contributed by atoms with Gasteiger partial charge in [-0.15, -0.1) is 0 Å². The Labute approximate surface area is 93.7 Å². The third-order valence-electron chi connectivity index (χ3n) is 2.46. The number of nitrogens with two attached hydrogens (primary N) is 1. The van der Waals surface area contributed by atoms with Gasteiger partial charge in [0.2, 0.25) is 0 Å². The lowest BCUT2D eigenvalue weighted by molar-refractivity contribution is 0.628. The van der Waals surface area contributed by atoms with Gasteiger partial charge in [-0.05, 0) is 24.1 Å². The van der Waals surface area contributed by atoms with Gasteiger partial charge < -0.3 is 0 Å². The second kappa shape index (κ2) is 4.78. The van der Waals surface area contributed by atoms with Crippen LogP contribution in [0.4, 0.5) is 0 Å². The number of hydrogen-bond donors (Lipinski definition) is 2. The lowest BCUT2D eigenvalue weighted by Gasteiger charge is -2.17. The molecule has 0 aliphatic heterocycles. The van der Waals surface area contributed by atoms with Crippen LogP contribution in [0, 0.1) is 6.92 Å². The van der Waals surface area contributed by atoms with E-state index >= 15 is 0 Å². The molecule has 0 spiro atoms.